The number of methoxy groups -OCH3 is 2. The molecule has 18 heavy (non-hydrogen) atoms. The van der Waals surface area contributed by atoms with Crippen molar-refractivity contribution >= 4 is 6.29 Å². The normalized spacial score (nSPS) is 9.89. The topological polar surface area (TPSA) is 61.3 Å². The number of ether oxygens (including phenoxy) is 2. The number of nitrogens with zero attached hydrogens (tertiary/aromatic N) is 2. The smallest absolute Gasteiger partial charge is 0.170 e. The van der Waals surface area contributed by atoms with E-state index in [0.717, 1.165) is 5.56 Å². The summed E-state index contributed by atoms with van der Waals surface area (Å²) in [6, 6.07) is 8.75. The second-order valence-corrected chi connectivity index (χ2v) is 3.53. The quantitative estimate of drug-likeness (QED) is 0.769. The maximum atomic E-state index is 10.5. The number of hydrogen-bond donors (Lipinski definition) is 0. The Morgan fingerprint density at radius 2 is 1.89 bits per heavy atom. The van der Waals surface area contributed by atoms with Crippen LogP contribution < -0.4 is 9.47 Å². The molecule has 0 aliphatic rings. The van der Waals surface area contributed by atoms with Gasteiger partial charge in [0.2, 0.25) is 0 Å². The number of carbonyl (C=O) groups excluding carboxylic acids is 1. The van der Waals surface area contributed by atoms with Crippen molar-refractivity contribution in [2.24, 2.45) is 0 Å². The van der Waals surface area contributed by atoms with E-state index in [1.54, 1.807) is 32.4 Å². The van der Waals surface area contributed by atoms with E-state index in [1.807, 2.05) is 12.1 Å². The van der Waals surface area contributed by atoms with E-state index in [9.17, 15) is 4.79 Å². The van der Waals surface area contributed by atoms with E-state index >= 15 is 0 Å². The molecule has 0 aliphatic carbocycles. The van der Waals surface area contributed by atoms with Crippen molar-refractivity contribution in [3.8, 4) is 22.8 Å². The van der Waals surface area contributed by atoms with Gasteiger partial charge in [0.25, 0.3) is 0 Å². The van der Waals surface area contributed by atoms with E-state index in [0.29, 0.717) is 29.2 Å². The molecule has 0 aliphatic heterocycles. The molecule has 0 fully saturated rings. The standard InChI is InChI=1S/C13H12N2O3/c1-17-10-4-5-11(13(7-10)18-2)12-6-3-9(8-16)14-15-12/h3-8H,1-2H3. The summed E-state index contributed by atoms with van der Waals surface area (Å²) in [6.45, 7) is 0. The molecule has 0 saturated carbocycles. The van der Waals surface area contributed by atoms with Crippen LogP contribution in [0.1, 0.15) is 10.5 Å². The van der Waals surface area contributed by atoms with Crippen LogP contribution in [0.25, 0.3) is 11.3 Å². The summed E-state index contributed by atoms with van der Waals surface area (Å²) in [4.78, 5) is 10.5. The van der Waals surface area contributed by atoms with E-state index in [1.165, 1.54) is 0 Å². The first kappa shape index (κ1) is 12.0. The Bertz CT molecular complexity index is 553. The Kier molecular flexibility index (Phi) is 3.52. The minimum absolute atomic E-state index is 0.297. The van der Waals surface area contributed by atoms with Gasteiger partial charge in [-0.1, -0.05) is 0 Å². The Balaban J connectivity index is 2.45. The van der Waals surface area contributed by atoms with Gasteiger partial charge in [0.05, 0.1) is 19.9 Å². The largest absolute Gasteiger partial charge is 0.497 e. The van der Waals surface area contributed by atoms with Crippen LogP contribution in [0.5, 0.6) is 11.5 Å². The summed E-state index contributed by atoms with van der Waals surface area (Å²) < 4.78 is 10.4. The summed E-state index contributed by atoms with van der Waals surface area (Å²) in [5.41, 5.74) is 1.73. The fourth-order valence-electron chi connectivity index (χ4n) is 1.56. The van der Waals surface area contributed by atoms with Crippen LogP contribution in [0.2, 0.25) is 0 Å². The average molecular weight is 244 g/mol. The zero-order valence-corrected chi connectivity index (χ0v) is 10.1. The first-order chi connectivity index (χ1) is 8.78. The van der Waals surface area contributed by atoms with E-state index in [2.05, 4.69) is 10.2 Å². The van der Waals surface area contributed by atoms with Gasteiger partial charge < -0.3 is 9.47 Å². The number of rotatable bonds is 4. The Morgan fingerprint density at radius 1 is 1.06 bits per heavy atom. The fourth-order valence-corrected chi connectivity index (χ4v) is 1.56. The number of aldehydes is 1. The molecule has 0 N–H and O–H groups in total. The summed E-state index contributed by atoms with van der Waals surface area (Å²) in [5, 5.41) is 7.77. The van der Waals surface area contributed by atoms with Crippen LogP contribution in [0.3, 0.4) is 0 Å². The molecule has 5 heteroatoms. The zero-order valence-electron chi connectivity index (χ0n) is 10.1. The molecule has 1 aromatic heterocycles. The van der Waals surface area contributed by atoms with E-state index in [4.69, 9.17) is 9.47 Å². The van der Waals surface area contributed by atoms with Gasteiger partial charge in [0.1, 0.15) is 17.2 Å². The molecule has 5 nitrogen and oxygen atoms in total. The SMILES string of the molecule is COc1ccc(-c2ccc(C=O)nn2)c(OC)c1. The molecule has 0 atom stereocenters. The number of aromatic nitrogens is 2. The van der Waals surface area contributed by atoms with Crippen molar-refractivity contribution in [2.45, 2.75) is 0 Å². The van der Waals surface area contributed by atoms with Crippen LogP contribution >= 0.6 is 0 Å². The summed E-state index contributed by atoms with van der Waals surface area (Å²) in [7, 11) is 3.17. The maximum absolute atomic E-state index is 10.5. The molecule has 0 unspecified atom stereocenters. The predicted octanol–water partition coefficient (Wildman–Crippen LogP) is 1.97. The van der Waals surface area contributed by atoms with Gasteiger partial charge in [-0.25, -0.2) is 0 Å². The molecule has 2 aromatic rings. The number of hydrogen-bond acceptors (Lipinski definition) is 5. The monoisotopic (exact) mass is 244 g/mol. The highest BCUT2D eigenvalue weighted by Crippen LogP contribution is 2.31. The lowest BCUT2D eigenvalue weighted by Crippen LogP contribution is -1.95. The molecule has 0 saturated heterocycles. The van der Waals surface area contributed by atoms with Gasteiger partial charge in [-0.2, -0.15) is 0 Å². The fraction of sp³-hybridized carbons (Fsp3) is 0.154. The average Bonchev–Trinajstić information content (AvgIpc) is 2.46. The molecule has 0 spiro atoms. The first-order valence-corrected chi connectivity index (χ1v) is 5.30. The van der Waals surface area contributed by atoms with Gasteiger partial charge in [-0.05, 0) is 24.3 Å². The lowest BCUT2D eigenvalue weighted by Gasteiger charge is -2.09. The molecule has 1 aromatic carbocycles. The Morgan fingerprint density at radius 3 is 2.44 bits per heavy atom. The molecule has 2 rings (SSSR count). The van der Waals surface area contributed by atoms with Crippen LogP contribution in [0, 0.1) is 0 Å². The number of carbonyl (C=O) groups is 1. The molecule has 0 bridgehead atoms. The van der Waals surface area contributed by atoms with Gasteiger partial charge in [0, 0.05) is 11.6 Å². The first-order valence-electron chi connectivity index (χ1n) is 5.30. The van der Waals surface area contributed by atoms with Crippen LogP contribution in [-0.4, -0.2) is 30.7 Å². The van der Waals surface area contributed by atoms with E-state index < -0.39 is 0 Å². The predicted molar refractivity (Wildman–Crippen MR) is 66.0 cm³/mol. The Labute approximate surface area is 104 Å². The maximum Gasteiger partial charge on any atom is 0.170 e. The highest BCUT2D eigenvalue weighted by molar-refractivity contribution is 5.73. The van der Waals surface area contributed by atoms with Crippen molar-refractivity contribution in [2.75, 3.05) is 14.2 Å². The number of benzene rings is 1. The molecular formula is C13H12N2O3. The third kappa shape index (κ3) is 2.29. The third-order valence-corrected chi connectivity index (χ3v) is 2.49. The van der Waals surface area contributed by atoms with Crippen LogP contribution in [-0.2, 0) is 0 Å². The van der Waals surface area contributed by atoms with Gasteiger partial charge >= 0.3 is 0 Å². The minimum Gasteiger partial charge on any atom is -0.497 e. The van der Waals surface area contributed by atoms with Crippen molar-refractivity contribution in [3.05, 3.63) is 36.0 Å². The lowest BCUT2D eigenvalue weighted by molar-refractivity contribution is 0.111. The van der Waals surface area contributed by atoms with E-state index in [-0.39, 0.29) is 0 Å². The van der Waals surface area contributed by atoms with Crippen molar-refractivity contribution in [1.82, 2.24) is 10.2 Å². The molecular weight excluding hydrogens is 232 g/mol. The highest BCUT2D eigenvalue weighted by atomic mass is 16.5. The Hall–Kier alpha value is -2.43. The van der Waals surface area contributed by atoms with Gasteiger partial charge in [0.15, 0.2) is 6.29 Å². The van der Waals surface area contributed by atoms with Crippen molar-refractivity contribution in [3.63, 3.8) is 0 Å². The third-order valence-electron chi connectivity index (χ3n) is 2.49. The lowest BCUT2D eigenvalue weighted by atomic mass is 10.1. The summed E-state index contributed by atoms with van der Waals surface area (Å²) in [5.74, 6) is 1.34. The molecule has 1 heterocycles. The second kappa shape index (κ2) is 5.27. The molecule has 0 amide bonds. The van der Waals surface area contributed by atoms with Crippen molar-refractivity contribution < 1.29 is 14.3 Å². The van der Waals surface area contributed by atoms with Crippen molar-refractivity contribution in [1.29, 1.82) is 0 Å². The second-order valence-electron chi connectivity index (χ2n) is 3.53. The zero-order chi connectivity index (χ0) is 13.0. The molecule has 92 valence electrons. The summed E-state index contributed by atoms with van der Waals surface area (Å²) >= 11 is 0. The summed E-state index contributed by atoms with van der Waals surface area (Å²) in [6.07, 6.45) is 0.655. The van der Waals surface area contributed by atoms with Gasteiger partial charge in [-0.3, -0.25) is 4.79 Å². The highest BCUT2D eigenvalue weighted by Gasteiger charge is 2.09. The van der Waals surface area contributed by atoms with Crippen LogP contribution in [0.4, 0.5) is 0 Å². The minimum atomic E-state index is 0.297. The van der Waals surface area contributed by atoms with Gasteiger partial charge in [-0.15, -0.1) is 10.2 Å². The molecule has 0 radical (unpaired) electrons. The van der Waals surface area contributed by atoms with Crippen LogP contribution in [0.15, 0.2) is 30.3 Å².